The molecule has 0 heterocycles. The average molecular weight is 308 g/mol. The van der Waals surface area contributed by atoms with E-state index < -0.39 is 0 Å². The van der Waals surface area contributed by atoms with Crippen LogP contribution in [-0.4, -0.2) is 20.1 Å². The standard InChI is InChI=1S/C18H16N2O3/c1-22-16-9-8-13(11-17(16)23-2)10-15(12-19)20-18(21)14-6-4-3-5-7-14/h3-11H,1-2H3,(H,20,21)/b15-10+. The number of ether oxygens (including phenoxy) is 2. The van der Waals surface area contributed by atoms with E-state index in [9.17, 15) is 10.1 Å². The molecule has 5 nitrogen and oxygen atoms in total. The molecule has 0 aromatic heterocycles. The van der Waals surface area contributed by atoms with Gasteiger partial charge in [0, 0.05) is 5.56 Å². The van der Waals surface area contributed by atoms with E-state index in [0.29, 0.717) is 22.6 Å². The van der Waals surface area contributed by atoms with Crippen LogP contribution in [-0.2, 0) is 0 Å². The number of allylic oxidation sites excluding steroid dienone is 1. The van der Waals surface area contributed by atoms with E-state index >= 15 is 0 Å². The van der Waals surface area contributed by atoms with Gasteiger partial charge in [0.2, 0.25) is 0 Å². The first kappa shape index (κ1) is 16.1. The van der Waals surface area contributed by atoms with E-state index in [1.165, 1.54) is 7.11 Å². The summed E-state index contributed by atoms with van der Waals surface area (Å²) in [4.78, 5) is 12.1. The summed E-state index contributed by atoms with van der Waals surface area (Å²) in [5, 5.41) is 11.8. The molecular weight excluding hydrogens is 292 g/mol. The van der Waals surface area contributed by atoms with Gasteiger partial charge < -0.3 is 14.8 Å². The van der Waals surface area contributed by atoms with Gasteiger partial charge in [0.25, 0.3) is 5.91 Å². The highest BCUT2D eigenvalue weighted by atomic mass is 16.5. The number of rotatable bonds is 5. The zero-order valence-electron chi connectivity index (χ0n) is 12.9. The minimum atomic E-state index is -0.334. The number of hydrogen-bond acceptors (Lipinski definition) is 4. The molecule has 2 rings (SSSR count). The van der Waals surface area contributed by atoms with Crippen LogP contribution in [0.5, 0.6) is 11.5 Å². The zero-order valence-corrected chi connectivity index (χ0v) is 12.9. The molecule has 0 atom stereocenters. The minimum Gasteiger partial charge on any atom is -0.493 e. The third-order valence-electron chi connectivity index (χ3n) is 3.12. The molecule has 0 aliphatic heterocycles. The van der Waals surface area contributed by atoms with Crippen molar-refractivity contribution in [1.82, 2.24) is 5.32 Å². The second-order valence-corrected chi connectivity index (χ2v) is 4.60. The maximum Gasteiger partial charge on any atom is 0.256 e. The summed E-state index contributed by atoms with van der Waals surface area (Å²) in [7, 11) is 3.09. The topological polar surface area (TPSA) is 71.3 Å². The van der Waals surface area contributed by atoms with Crippen LogP contribution in [0, 0.1) is 11.3 Å². The summed E-state index contributed by atoms with van der Waals surface area (Å²) in [5.74, 6) is 0.809. The summed E-state index contributed by atoms with van der Waals surface area (Å²) in [6.07, 6.45) is 1.57. The maximum atomic E-state index is 12.1. The average Bonchev–Trinajstić information content (AvgIpc) is 2.61. The van der Waals surface area contributed by atoms with Crippen LogP contribution in [0.1, 0.15) is 15.9 Å². The van der Waals surface area contributed by atoms with Gasteiger partial charge in [0.1, 0.15) is 11.8 Å². The van der Waals surface area contributed by atoms with Crippen LogP contribution >= 0.6 is 0 Å². The van der Waals surface area contributed by atoms with E-state index in [1.54, 1.807) is 55.7 Å². The summed E-state index contributed by atoms with van der Waals surface area (Å²) in [6.45, 7) is 0. The van der Waals surface area contributed by atoms with E-state index in [0.717, 1.165) is 0 Å². The zero-order chi connectivity index (χ0) is 16.7. The molecule has 5 heteroatoms. The van der Waals surface area contributed by atoms with Crippen molar-refractivity contribution in [2.75, 3.05) is 14.2 Å². The van der Waals surface area contributed by atoms with Crippen LogP contribution in [0.25, 0.3) is 6.08 Å². The Morgan fingerprint density at radius 1 is 1.09 bits per heavy atom. The number of amides is 1. The van der Waals surface area contributed by atoms with Crippen molar-refractivity contribution in [3.63, 3.8) is 0 Å². The lowest BCUT2D eigenvalue weighted by Gasteiger charge is -2.08. The Kier molecular flexibility index (Phi) is 5.37. The normalized spacial score (nSPS) is 10.6. The van der Waals surface area contributed by atoms with Gasteiger partial charge in [-0.2, -0.15) is 5.26 Å². The Hall–Kier alpha value is -3.26. The molecule has 2 aromatic rings. The molecule has 0 saturated heterocycles. The highest BCUT2D eigenvalue weighted by molar-refractivity contribution is 5.96. The number of methoxy groups -OCH3 is 2. The van der Waals surface area contributed by atoms with Crippen LogP contribution in [0.2, 0.25) is 0 Å². The summed E-state index contributed by atoms with van der Waals surface area (Å²) < 4.78 is 10.4. The van der Waals surface area contributed by atoms with Crippen molar-refractivity contribution in [3.05, 3.63) is 65.4 Å². The number of benzene rings is 2. The third kappa shape index (κ3) is 4.11. The molecule has 23 heavy (non-hydrogen) atoms. The Labute approximate surface area is 134 Å². The van der Waals surface area contributed by atoms with Gasteiger partial charge >= 0.3 is 0 Å². The molecule has 0 radical (unpaired) electrons. The fourth-order valence-electron chi connectivity index (χ4n) is 1.99. The van der Waals surface area contributed by atoms with Crippen molar-refractivity contribution in [2.45, 2.75) is 0 Å². The van der Waals surface area contributed by atoms with Gasteiger partial charge in [-0.15, -0.1) is 0 Å². The molecule has 116 valence electrons. The van der Waals surface area contributed by atoms with Gasteiger partial charge in [-0.1, -0.05) is 24.3 Å². The van der Waals surface area contributed by atoms with Crippen molar-refractivity contribution in [2.24, 2.45) is 0 Å². The molecule has 0 unspecified atom stereocenters. The molecule has 0 aliphatic carbocycles. The maximum absolute atomic E-state index is 12.1. The number of nitrogens with zero attached hydrogens (tertiary/aromatic N) is 1. The minimum absolute atomic E-state index is 0.145. The Morgan fingerprint density at radius 3 is 2.39 bits per heavy atom. The predicted octanol–water partition coefficient (Wildman–Crippen LogP) is 3.00. The summed E-state index contributed by atoms with van der Waals surface area (Å²) >= 11 is 0. The first-order valence-electron chi connectivity index (χ1n) is 6.88. The van der Waals surface area contributed by atoms with E-state index in [-0.39, 0.29) is 11.6 Å². The van der Waals surface area contributed by atoms with E-state index in [1.807, 2.05) is 12.1 Å². The van der Waals surface area contributed by atoms with Crippen LogP contribution in [0.3, 0.4) is 0 Å². The number of carbonyl (C=O) groups is 1. The predicted molar refractivity (Wildman–Crippen MR) is 87.0 cm³/mol. The molecule has 0 saturated carbocycles. The number of hydrogen-bond donors (Lipinski definition) is 1. The van der Waals surface area contributed by atoms with Crippen LogP contribution in [0.15, 0.2) is 54.2 Å². The Balaban J connectivity index is 2.22. The summed E-state index contributed by atoms with van der Waals surface area (Å²) in [5.41, 5.74) is 1.35. The van der Waals surface area contributed by atoms with Crippen LogP contribution in [0.4, 0.5) is 0 Å². The first-order chi connectivity index (χ1) is 11.2. The Bertz CT molecular complexity index is 762. The molecule has 0 spiro atoms. The molecule has 2 aromatic carbocycles. The first-order valence-corrected chi connectivity index (χ1v) is 6.88. The molecule has 1 amide bonds. The van der Waals surface area contributed by atoms with E-state index in [4.69, 9.17) is 9.47 Å². The van der Waals surface area contributed by atoms with Gasteiger partial charge in [-0.05, 0) is 35.9 Å². The fraction of sp³-hybridized carbons (Fsp3) is 0.111. The summed E-state index contributed by atoms with van der Waals surface area (Å²) in [6, 6.07) is 15.9. The number of carbonyl (C=O) groups excluding carboxylic acids is 1. The smallest absolute Gasteiger partial charge is 0.256 e. The van der Waals surface area contributed by atoms with Crippen molar-refractivity contribution >= 4 is 12.0 Å². The highest BCUT2D eigenvalue weighted by Gasteiger charge is 2.08. The van der Waals surface area contributed by atoms with Crippen molar-refractivity contribution in [3.8, 4) is 17.6 Å². The van der Waals surface area contributed by atoms with Crippen molar-refractivity contribution in [1.29, 1.82) is 5.26 Å². The quantitative estimate of drug-likeness (QED) is 0.862. The second-order valence-electron chi connectivity index (χ2n) is 4.60. The lowest BCUT2D eigenvalue weighted by molar-refractivity contribution is 0.0968. The van der Waals surface area contributed by atoms with Crippen LogP contribution < -0.4 is 14.8 Å². The van der Waals surface area contributed by atoms with Gasteiger partial charge in [-0.25, -0.2) is 0 Å². The fourth-order valence-corrected chi connectivity index (χ4v) is 1.99. The van der Waals surface area contributed by atoms with Gasteiger partial charge in [0.05, 0.1) is 14.2 Å². The molecule has 1 N–H and O–H groups in total. The molecule has 0 bridgehead atoms. The monoisotopic (exact) mass is 308 g/mol. The second kappa shape index (κ2) is 7.66. The highest BCUT2D eigenvalue weighted by Crippen LogP contribution is 2.28. The molecule has 0 aliphatic rings. The SMILES string of the molecule is COc1ccc(/C=C(\C#N)NC(=O)c2ccccc2)cc1OC. The lowest BCUT2D eigenvalue weighted by Crippen LogP contribution is -2.21. The third-order valence-corrected chi connectivity index (χ3v) is 3.12. The Morgan fingerprint density at radius 2 is 1.78 bits per heavy atom. The van der Waals surface area contributed by atoms with Crippen molar-refractivity contribution < 1.29 is 14.3 Å². The molecular formula is C18H16N2O3. The van der Waals surface area contributed by atoms with Gasteiger partial charge in [0.15, 0.2) is 11.5 Å². The lowest BCUT2D eigenvalue weighted by atomic mass is 10.1. The van der Waals surface area contributed by atoms with Gasteiger partial charge in [-0.3, -0.25) is 4.79 Å². The van der Waals surface area contributed by atoms with E-state index in [2.05, 4.69) is 5.32 Å². The number of nitriles is 1. The largest absolute Gasteiger partial charge is 0.493 e. The molecule has 0 fully saturated rings. The number of nitrogens with one attached hydrogen (secondary N) is 1.